The van der Waals surface area contributed by atoms with E-state index in [-0.39, 0.29) is 18.1 Å². The van der Waals surface area contributed by atoms with Crippen molar-refractivity contribution < 1.29 is 14.3 Å². The first kappa shape index (κ1) is 24.6. The number of fused-ring (bicyclic) bond motifs is 1. The highest BCUT2D eigenvalue weighted by molar-refractivity contribution is 7.11. The van der Waals surface area contributed by atoms with Crippen LogP contribution in [0.2, 0.25) is 0 Å². The van der Waals surface area contributed by atoms with Crippen LogP contribution in [-0.2, 0) is 4.74 Å². The van der Waals surface area contributed by atoms with Gasteiger partial charge in [-0.15, -0.1) is 11.3 Å². The Morgan fingerprint density at radius 1 is 1.17 bits per heavy atom. The maximum Gasteiger partial charge on any atom is 0.411 e. The molecule has 6 nitrogen and oxygen atoms in total. The first-order valence-electron chi connectivity index (χ1n) is 12.9. The summed E-state index contributed by atoms with van der Waals surface area (Å²) in [7, 11) is 0. The molecule has 1 amide bonds. The molecule has 2 heterocycles. The SMILES string of the molecule is CCOc1ccc2c(c1)N(C1CCC1)C(c1ccc(NC(=O)OC(C)C)cc1)C2c1nc(C)c(C)s1. The van der Waals surface area contributed by atoms with Gasteiger partial charge in [-0.3, -0.25) is 5.32 Å². The van der Waals surface area contributed by atoms with Crippen LogP contribution in [0, 0.1) is 13.8 Å². The highest BCUT2D eigenvalue weighted by Gasteiger charge is 2.46. The van der Waals surface area contributed by atoms with Crippen molar-refractivity contribution in [3.05, 3.63) is 69.2 Å². The first-order valence-corrected chi connectivity index (χ1v) is 13.7. The average molecular weight is 506 g/mol. The molecule has 0 spiro atoms. The van der Waals surface area contributed by atoms with Gasteiger partial charge in [0.05, 0.1) is 30.4 Å². The third-order valence-corrected chi connectivity index (χ3v) is 8.32. The highest BCUT2D eigenvalue weighted by atomic mass is 32.1. The Morgan fingerprint density at radius 2 is 1.92 bits per heavy atom. The Labute approximate surface area is 217 Å². The molecule has 2 aliphatic rings. The number of hydrogen-bond donors (Lipinski definition) is 1. The second-order valence-corrected chi connectivity index (χ2v) is 11.2. The van der Waals surface area contributed by atoms with E-state index in [1.807, 2.05) is 32.9 Å². The molecule has 5 rings (SSSR count). The van der Waals surface area contributed by atoms with Gasteiger partial charge >= 0.3 is 6.09 Å². The van der Waals surface area contributed by atoms with Gasteiger partial charge in [-0.2, -0.15) is 0 Å². The Balaban J connectivity index is 1.56. The van der Waals surface area contributed by atoms with Crippen LogP contribution in [0.4, 0.5) is 16.2 Å². The highest BCUT2D eigenvalue weighted by Crippen LogP contribution is 2.56. The molecule has 190 valence electrons. The van der Waals surface area contributed by atoms with E-state index in [1.54, 1.807) is 11.3 Å². The minimum absolute atomic E-state index is 0.129. The summed E-state index contributed by atoms with van der Waals surface area (Å²) in [5.74, 6) is 1.05. The summed E-state index contributed by atoms with van der Waals surface area (Å²) in [6.07, 6.45) is 3.05. The average Bonchev–Trinajstić information content (AvgIpc) is 3.29. The van der Waals surface area contributed by atoms with Crippen molar-refractivity contribution in [2.24, 2.45) is 0 Å². The number of anilines is 2. The molecule has 1 fully saturated rings. The summed E-state index contributed by atoms with van der Waals surface area (Å²) < 4.78 is 11.1. The molecule has 3 aromatic rings. The molecule has 1 aliphatic carbocycles. The van der Waals surface area contributed by atoms with Crippen molar-refractivity contribution in [2.45, 2.75) is 78.0 Å². The topological polar surface area (TPSA) is 63.7 Å². The zero-order chi connectivity index (χ0) is 25.4. The number of amides is 1. The van der Waals surface area contributed by atoms with Crippen LogP contribution < -0.4 is 15.0 Å². The van der Waals surface area contributed by atoms with E-state index in [1.165, 1.54) is 41.0 Å². The summed E-state index contributed by atoms with van der Waals surface area (Å²) in [4.78, 5) is 21.0. The predicted octanol–water partition coefficient (Wildman–Crippen LogP) is 7.36. The number of rotatable bonds is 7. The quantitative estimate of drug-likeness (QED) is 0.363. The van der Waals surface area contributed by atoms with Crippen LogP contribution in [0.1, 0.15) is 78.7 Å². The molecule has 36 heavy (non-hydrogen) atoms. The molecule has 0 bridgehead atoms. The fraction of sp³-hybridized carbons (Fsp3) is 0.448. The van der Waals surface area contributed by atoms with Gasteiger partial charge in [0.2, 0.25) is 0 Å². The molecule has 0 radical (unpaired) electrons. The lowest BCUT2D eigenvalue weighted by molar-refractivity contribution is 0.130. The Kier molecular flexibility index (Phi) is 6.93. The fourth-order valence-electron chi connectivity index (χ4n) is 5.21. The van der Waals surface area contributed by atoms with Gasteiger partial charge in [0.25, 0.3) is 0 Å². The normalized spacial score (nSPS) is 19.2. The van der Waals surface area contributed by atoms with Crippen LogP contribution in [0.5, 0.6) is 5.75 Å². The zero-order valence-corrected chi connectivity index (χ0v) is 22.5. The number of hydrogen-bond acceptors (Lipinski definition) is 6. The minimum atomic E-state index is -0.433. The van der Waals surface area contributed by atoms with E-state index in [0.29, 0.717) is 12.6 Å². The molecular formula is C29H35N3O3S. The van der Waals surface area contributed by atoms with Crippen molar-refractivity contribution in [1.82, 2.24) is 4.98 Å². The lowest BCUT2D eigenvalue weighted by atomic mass is 9.87. The van der Waals surface area contributed by atoms with Crippen LogP contribution in [0.3, 0.4) is 0 Å². The number of carbonyl (C=O) groups excluding carboxylic acids is 1. The van der Waals surface area contributed by atoms with Gasteiger partial charge in [0.1, 0.15) is 10.8 Å². The van der Waals surface area contributed by atoms with Crippen LogP contribution in [0.15, 0.2) is 42.5 Å². The summed E-state index contributed by atoms with van der Waals surface area (Å²) in [6.45, 7) is 10.6. The summed E-state index contributed by atoms with van der Waals surface area (Å²) in [6, 6.07) is 15.4. The van der Waals surface area contributed by atoms with Gasteiger partial charge in [-0.05, 0) is 83.2 Å². The maximum atomic E-state index is 12.1. The number of nitrogens with one attached hydrogen (secondary N) is 1. The molecular weight excluding hydrogens is 470 g/mol. The molecule has 2 unspecified atom stereocenters. The van der Waals surface area contributed by atoms with Crippen molar-refractivity contribution in [1.29, 1.82) is 0 Å². The van der Waals surface area contributed by atoms with Crippen molar-refractivity contribution in [3.8, 4) is 5.75 Å². The van der Waals surface area contributed by atoms with Gasteiger partial charge in [0, 0.05) is 28.4 Å². The molecule has 1 aliphatic heterocycles. The molecule has 0 saturated heterocycles. The van der Waals surface area contributed by atoms with Gasteiger partial charge in [0.15, 0.2) is 0 Å². The van der Waals surface area contributed by atoms with Crippen LogP contribution in [0.25, 0.3) is 0 Å². The molecule has 1 saturated carbocycles. The summed E-state index contributed by atoms with van der Waals surface area (Å²) in [5, 5.41) is 4.00. The molecule has 1 N–H and O–H groups in total. The van der Waals surface area contributed by atoms with E-state index in [4.69, 9.17) is 14.5 Å². The van der Waals surface area contributed by atoms with E-state index < -0.39 is 6.09 Å². The molecule has 1 aromatic heterocycles. The van der Waals surface area contributed by atoms with Crippen LogP contribution >= 0.6 is 11.3 Å². The summed E-state index contributed by atoms with van der Waals surface area (Å²) >= 11 is 1.80. The number of aromatic nitrogens is 1. The zero-order valence-electron chi connectivity index (χ0n) is 21.7. The third kappa shape index (κ3) is 4.69. The minimum Gasteiger partial charge on any atom is -0.494 e. The van der Waals surface area contributed by atoms with E-state index in [9.17, 15) is 4.79 Å². The van der Waals surface area contributed by atoms with Gasteiger partial charge < -0.3 is 14.4 Å². The maximum absolute atomic E-state index is 12.1. The van der Waals surface area contributed by atoms with Crippen molar-refractivity contribution in [2.75, 3.05) is 16.8 Å². The summed E-state index contributed by atoms with van der Waals surface area (Å²) in [5.41, 5.74) is 5.62. The number of aryl methyl sites for hydroxylation is 2. The van der Waals surface area contributed by atoms with Crippen LogP contribution in [-0.4, -0.2) is 29.8 Å². The lowest BCUT2D eigenvalue weighted by Crippen LogP contribution is -2.41. The van der Waals surface area contributed by atoms with Gasteiger partial charge in [-0.25, -0.2) is 9.78 Å². The molecule has 2 atom stereocenters. The number of ether oxygens (including phenoxy) is 2. The Hall–Kier alpha value is -3.06. The van der Waals surface area contributed by atoms with E-state index >= 15 is 0 Å². The number of thiazole rings is 1. The second kappa shape index (κ2) is 10.1. The lowest BCUT2D eigenvalue weighted by Gasteiger charge is -2.42. The van der Waals surface area contributed by atoms with E-state index in [2.05, 4.69) is 54.4 Å². The van der Waals surface area contributed by atoms with Crippen molar-refractivity contribution in [3.63, 3.8) is 0 Å². The Morgan fingerprint density at radius 3 is 2.50 bits per heavy atom. The predicted molar refractivity (Wildman–Crippen MR) is 146 cm³/mol. The number of benzene rings is 2. The number of nitrogens with zero attached hydrogens (tertiary/aromatic N) is 2. The van der Waals surface area contributed by atoms with E-state index in [0.717, 1.165) is 22.1 Å². The molecule has 2 aromatic carbocycles. The molecule has 7 heteroatoms. The monoisotopic (exact) mass is 505 g/mol. The van der Waals surface area contributed by atoms with Gasteiger partial charge in [-0.1, -0.05) is 18.2 Å². The fourth-order valence-corrected chi connectivity index (χ4v) is 6.28. The second-order valence-electron chi connectivity index (χ2n) is 9.96. The third-order valence-electron chi connectivity index (χ3n) is 7.16. The smallest absolute Gasteiger partial charge is 0.411 e. The largest absolute Gasteiger partial charge is 0.494 e. The standard InChI is InChI=1S/C29H35N3O3S/c1-6-34-23-14-15-24-25(16-23)32(22-8-7-9-22)27(26(24)28-30-18(4)19(5)36-28)20-10-12-21(13-11-20)31-29(33)35-17(2)3/h10-17,22,26-27H,6-9H2,1-5H3,(H,31,33). The first-order chi connectivity index (χ1) is 17.4. The number of carbonyl (C=O) groups is 1. The van der Waals surface area contributed by atoms with Crippen molar-refractivity contribution >= 4 is 28.8 Å². The Bertz CT molecular complexity index is 1210.